The molecule has 0 aliphatic rings. The van der Waals surface area contributed by atoms with E-state index in [0.29, 0.717) is 12.1 Å². The van der Waals surface area contributed by atoms with Crippen LogP contribution in [0.1, 0.15) is 40.9 Å². The molecular formula is C19H23NO4. The van der Waals surface area contributed by atoms with Crippen LogP contribution in [0.5, 0.6) is 5.75 Å². The van der Waals surface area contributed by atoms with Gasteiger partial charge < -0.3 is 20.6 Å². The molecule has 2 rings (SSSR count). The zero-order valence-corrected chi connectivity index (χ0v) is 13.6. The molecule has 0 spiro atoms. The molecule has 2 aromatic carbocycles. The predicted molar refractivity (Wildman–Crippen MR) is 92.3 cm³/mol. The van der Waals surface area contributed by atoms with Crippen LogP contribution in [-0.4, -0.2) is 33.9 Å². The van der Waals surface area contributed by atoms with E-state index in [2.05, 4.69) is 24.4 Å². The van der Waals surface area contributed by atoms with Gasteiger partial charge in [-0.25, -0.2) is 4.79 Å². The molecule has 0 saturated carbocycles. The molecule has 2 atom stereocenters. The minimum atomic E-state index is -1.22. The van der Waals surface area contributed by atoms with Gasteiger partial charge in [-0.05, 0) is 43.0 Å². The van der Waals surface area contributed by atoms with Crippen LogP contribution in [0.3, 0.4) is 0 Å². The van der Waals surface area contributed by atoms with Crippen molar-refractivity contribution in [2.75, 3.05) is 6.54 Å². The van der Waals surface area contributed by atoms with Gasteiger partial charge in [-0.3, -0.25) is 0 Å². The highest BCUT2D eigenvalue weighted by Gasteiger charge is 2.15. The van der Waals surface area contributed by atoms with Crippen LogP contribution in [0.2, 0.25) is 0 Å². The molecule has 0 bridgehead atoms. The number of aromatic carboxylic acids is 1. The van der Waals surface area contributed by atoms with Crippen LogP contribution < -0.4 is 5.32 Å². The molecule has 5 nitrogen and oxygen atoms in total. The maximum atomic E-state index is 11.0. The standard InChI is InChI=1S/C19H23NO4/c1-13(7-8-14-5-3-2-4-6-14)20-12-18(22)15-9-10-17(21)16(11-15)19(23)24/h2-6,9-11,13,18,20-22H,7-8,12H2,1H3,(H,23,24)/t13-,18+/m0/s1. The molecule has 0 heterocycles. The molecule has 0 radical (unpaired) electrons. The Morgan fingerprint density at radius 1 is 1.17 bits per heavy atom. The van der Waals surface area contributed by atoms with Crippen molar-refractivity contribution in [1.82, 2.24) is 5.32 Å². The lowest BCUT2D eigenvalue weighted by atomic mass is 10.0. The van der Waals surface area contributed by atoms with E-state index < -0.39 is 12.1 Å². The summed E-state index contributed by atoms with van der Waals surface area (Å²) in [5.41, 5.74) is 1.54. The summed E-state index contributed by atoms with van der Waals surface area (Å²) in [5.74, 6) is -1.52. The lowest BCUT2D eigenvalue weighted by molar-refractivity contribution is 0.0693. The highest BCUT2D eigenvalue weighted by molar-refractivity contribution is 5.90. The summed E-state index contributed by atoms with van der Waals surface area (Å²) in [6, 6.07) is 14.5. The number of hydrogen-bond acceptors (Lipinski definition) is 4. The van der Waals surface area contributed by atoms with Crippen molar-refractivity contribution in [3.8, 4) is 5.75 Å². The molecule has 5 heteroatoms. The summed E-state index contributed by atoms with van der Waals surface area (Å²) < 4.78 is 0. The summed E-state index contributed by atoms with van der Waals surface area (Å²) in [4.78, 5) is 11.0. The Hall–Kier alpha value is -2.37. The highest BCUT2D eigenvalue weighted by Crippen LogP contribution is 2.22. The second-order valence-corrected chi connectivity index (χ2v) is 5.93. The van der Waals surface area contributed by atoms with Crippen LogP contribution in [0.4, 0.5) is 0 Å². The number of carboxylic acid groups (broad SMARTS) is 1. The summed E-state index contributed by atoms with van der Waals surface area (Å²) >= 11 is 0. The molecule has 128 valence electrons. The fourth-order valence-electron chi connectivity index (χ4n) is 2.49. The second kappa shape index (κ2) is 8.47. The van der Waals surface area contributed by atoms with Crippen molar-refractivity contribution < 1.29 is 20.1 Å². The number of aliphatic hydroxyl groups excluding tert-OH is 1. The quantitative estimate of drug-likeness (QED) is 0.598. The molecule has 0 amide bonds. The SMILES string of the molecule is C[C@@H](CCc1ccccc1)NC[C@@H](O)c1ccc(O)c(C(=O)O)c1. The lowest BCUT2D eigenvalue weighted by Gasteiger charge is -2.18. The summed E-state index contributed by atoms with van der Waals surface area (Å²) in [6.07, 6.45) is 1.06. The minimum Gasteiger partial charge on any atom is -0.507 e. The zero-order valence-electron chi connectivity index (χ0n) is 13.6. The van der Waals surface area contributed by atoms with Crippen molar-refractivity contribution in [2.45, 2.75) is 31.9 Å². The topological polar surface area (TPSA) is 89.8 Å². The Kier molecular flexibility index (Phi) is 6.35. The third-order valence-corrected chi connectivity index (χ3v) is 4.00. The van der Waals surface area contributed by atoms with E-state index in [1.165, 1.54) is 23.8 Å². The highest BCUT2D eigenvalue weighted by atomic mass is 16.4. The van der Waals surface area contributed by atoms with E-state index in [1.807, 2.05) is 18.2 Å². The molecular weight excluding hydrogens is 306 g/mol. The monoisotopic (exact) mass is 329 g/mol. The van der Waals surface area contributed by atoms with Gasteiger partial charge in [-0.2, -0.15) is 0 Å². The van der Waals surface area contributed by atoms with Gasteiger partial charge >= 0.3 is 5.97 Å². The predicted octanol–water partition coefficient (Wildman–Crippen LogP) is 2.73. The van der Waals surface area contributed by atoms with Gasteiger partial charge in [0.2, 0.25) is 0 Å². The Morgan fingerprint density at radius 2 is 1.88 bits per heavy atom. The van der Waals surface area contributed by atoms with Gasteiger partial charge in [-0.15, -0.1) is 0 Å². The first kappa shape index (κ1) is 18.0. The van der Waals surface area contributed by atoms with Crippen LogP contribution in [0.15, 0.2) is 48.5 Å². The minimum absolute atomic E-state index is 0.205. The van der Waals surface area contributed by atoms with E-state index >= 15 is 0 Å². The average molecular weight is 329 g/mol. The average Bonchev–Trinajstić information content (AvgIpc) is 2.59. The van der Waals surface area contributed by atoms with Gasteiger partial charge in [0.15, 0.2) is 0 Å². The van der Waals surface area contributed by atoms with Crippen LogP contribution >= 0.6 is 0 Å². The zero-order chi connectivity index (χ0) is 17.5. The van der Waals surface area contributed by atoms with Crippen LogP contribution in [-0.2, 0) is 6.42 Å². The van der Waals surface area contributed by atoms with E-state index in [4.69, 9.17) is 5.11 Å². The van der Waals surface area contributed by atoms with Gasteiger partial charge in [0.25, 0.3) is 0 Å². The number of phenols is 1. The van der Waals surface area contributed by atoms with E-state index in [1.54, 1.807) is 0 Å². The van der Waals surface area contributed by atoms with E-state index in [-0.39, 0.29) is 17.4 Å². The van der Waals surface area contributed by atoms with Crippen molar-refractivity contribution in [2.24, 2.45) is 0 Å². The smallest absolute Gasteiger partial charge is 0.339 e. The molecule has 0 saturated heterocycles. The van der Waals surface area contributed by atoms with Crippen molar-refractivity contribution in [3.05, 3.63) is 65.2 Å². The summed E-state index contributed by atoms with van der Waals surface area (Å²) in [5, 5.41) is 32.0. The summed E-state index contributed by atoms with van der Waals surface area (Å²) in [6.45, 7) is 2.37. The normalized spacial score (nSPS) is 13.4. The number of aromatic hydroxyl groups is 1. The molecule has 2 aromatic rings. The fraction of sp³-hybridized carbons (Fsp3) is 0.316. The molecule has 0 aromatic heterocycles. The second-order valence-electron chi connectivity index (χ2n) is 5.93. The lowest BCUT2D eigenvalue weighted by Crippen LogP contribution is -2.30. The Morgan fingerprint density at radius 3 is 2.54 bits per heavy atom. The Balaban J connectivity index is 1.85. The van der Waals surface area contributed by atoms with Crippen LogP contribution in [0.25, 0.3) is 0 Å². The Labute approximate surface area is 141 Å². The maximum absolute atomic E-state index is 11.0. The first-order valence-corrected chi connectivity index (χ1v) is 7.99. The number of hydrogen-bond donors (Lipinski definition) is 4. The number of aliphatic hydroxyl groups is 1. The largest absolute Gasteiger partial charge is 0.507 e. The first-order chi connectivity index (χ1) is 11.5. The first-order valence-electron chi connectivity index (χ1n) is 7.99. The molecule has 0 unspecified atom stereocenters. The number of nitrogens with one attached hydrogen (secondary N) is 1. The molecule has 0 aliphatic heterocycles. The fourth-order valence-corrected chi connectivity index (χ4v) is 2.49. The third kappa shape index (κ3) is 5.08. The number of aryl methyl sites for hydroxylation is 1. The van der Waals surface area contributed by atoms with E-state index in [9.17, 15) is 15.0 Å². The molecule has 4 N–H and O–H groups in total. The molecule has 24 heavy (non-hydrogen) atoms. The maximum Gasteiger partial charge on any atom is 0.339 e. The van der Waals surface area contributed by atoms with E-state index in [0.717, 1.165) is 12.8 Å². The third-order valence-electron chi connectivity index (χ3n) is 4.00. The van der Waals surface area contributed by atoms with Gasteiger partial charge in [0, 0.05) is 12.6 Å². The molecule has 0 aliphatic carbocycles. The van der Waals surface area contributed by atoms with Crippen molar-refractivity contribution in [3.63, 3.8) is 0 Å². The summed E-state index contributed by atoms with van der Waals surface area (Å²) in [7, 11) is 0. The van der Waals surface area contributed by atoms with Crippen molar-refractivity contribution in [1.29, 1.82) is 0 Å². The number of rotatable bonds is 8. The van der Waals surface area contributed by atoms with Gasteiger partial charge in [-0.1, -0.05) is 36.4 Å². The van der Waals surface area contributed by atoms with Gasteiger partial charge in [0.1, 0.15) is 11.3 Å². The van der Waals surface area contributed by atoms with Crippen molar-refractivity contribution >= 4 is 5.97 Å². The van der Waals surface area contributed by atoms with Gasteiger partial charge in [0.05, 0.1) is 6.10 Å². The molecule has 0 fully saturated rings. The number of carboxylic acids is 1. The van der Waals surface area contributed by atoms with Crippen LogP contribution in [0, 0.1) is 0 Å². The number of benzene rings is 2. The Bertz CT molecular complexity index is 672. The number of carbonyl (C=O) groups is 1.